The molecule has 0 heterocycles. The molecule has 0 fully saturated rings. The molecule has 0 saturated carbocycles. The Hall–Kier alpha value is -3.10. The standard InChI is InChI=1S/C8H6F4N2O.C7H6O2/c9-6-4(8(10,11)12)2-1-3-5(6)14-7(13)15;8-5-6-2-1-3-7(9)4-6/h1-3H,(H3,13,14,15);1-5,9H. The second-order valence-corrected chi connectivity index (χ2v) is 4.37. The molecule has 2 rings (SSSR count). The van der Waals surface area contributed by atoms with Crippen molar-refractivity contribution in [2.24, 2.45) is 5.73 Å². The summed E-state index contributed by atoms with van der Waals surface area (Å²) in [6.45, 7) is 0. The van der Waals surface area contributed by atoms with Crippen molar-refractivity contribution in [3.63, 3.8) is 0 Å². The van der Waals surface area contributed by atoms with Gasteiger partial charge in [0.15, 0.2) is 5.82 Å². The van der Waals surface area contributed by atoms with Gasteiger partial charge in [-0.05, 0) is 24.3 Å². The third kappa shape index (κ3) is 5.59. The Bertz CT molecular complexity index is 733. The van der Waals surface area contributed by atoms with Crippen LogP contribution in [0.3, 0.4) is 0 Å². The van der Waals surface area contributed by atoms with Crippen molar-refractivity contribution >= 4 is 18.0 Å². The van der Waals surface area contributed by atoms with Crippen LogP contribution in [-0.2, 0) is 6.18 Å². The van der Waals surface area contributed by atoms with Crippen LogP contribution in [-0.4, -0.2) is 17.4 Å². The number of primary amides is 1. The lowest BCUT2D eigenvalue weighted by Crippen LogP contribution is -2.21. The molecule has 2 aromatic carbocycles. The molecule has 4 N–H and O–H groups in total. The number of phenolic OH excluding ortho intramolecular Hbond substituents is 1. The molecule has 2 amide bonds. The molecule has 0 aliphatic rings. The van der Waals surface area contributed by atoms with Gasteiger partial charge in [0.25, 0.3) is 0 Å². The average Bonchev–Trinajstić information content (AvgIpc) is 2.48. The van der Waals surface area contributed by atoms with E-state index in [0.29, 0.717) is 17.9 Å². The van der Waals surface area contributed by atoms with Gasteiger partial charge in [0.2, 0.25) is 0 Å². The second-order valence-electron chi connectivity index (χ2n) is 4.37. The quantitative estimate of drug-likeness (QED) is 0.575. The zero-order chi connectivity index (χ0) is 18.3. The highest BCUT2D eigenvalue weighted by Crippen LogP contribution is 2.33. The first-order valence-corrected chi connectivity index (χ1v) is 6.31. The number of carbonyl (C=O) groups excluding carboxylic acids is 2. The number of anilines is 1. The molecule has 9 heteroatoms. The Morgan fingerprint density at radius 2 is 1.79 bits per heavy atom. The molecule has 0 bridgehead atoms. The zero-order valence-corrected chi connectivity index (χ0v) is 12.0. The van der Waals surface area contributed by atoms with Gasteiger partial charge in [0.1, 0.15) is 12.0 Å². The largest absolute Gasteiger partial charge is 0.508 e. The summed E-state index contributed by atoms with van der Waals surface area (Å²) < 4.78 is 49.7. The van der Waals surface area contributed by atoms with Gasteiger partial charge in [0, 0.05) is 5.56 Å². The number of alkyl halides is 3. The summed E-state index contributed by atoms with van der Waals surface area (Å²) in [5.74, 6) is -1.43. The number of hydrogen-bond acceptors (Lipinski definition) is 3. The molecule has 0 aromatic heterocycles. The van der Waals surface area contributed by atoms with E-state index in [1.807, 2.05) is 0 Å². The van der Waals surface area contributed by atoms with Gasteiger partial charge < -0.3 is 16.2 Å². The molecule has 0 atom stereocenters. The highest BCUT2D eigenvalue weighted by atomic mass is 19.4. The van der Waals surface area contributed by atoms with Crippen LogP contribution in [0.15, 0.2) is 42.5 Å². The summed E-state index contributed by atoms with van der Waals surface area (Å²) in [6.07, 6.45) is -4.11. The summed E-state index contributed by atoms with van der Waals surface area (Å²) in [4.78, 5) is 20.4. The monoisotopic (exact) mass is 344 g/mol. The summed E-state index contributed by atoms with van der Waals surface area (Å²) >= 11 is 0. The van der Waals surface area contributed by atoms with Crippen molar-refractivity contribution in [1.29, 1.82) is 0 Å². The molecular formula is C15H12F4N2O3. The first kappa shape index (κ1) is 18.9. The highest BCUT2D eigenvalue weighted by molar-refractivity contribution is 5.88. The fourth-order valence-corrected chi connectivity index (χ4v) is 1.58. The predicted octanol–water partition coefficient (Wildman–Crippen LogP) is 3.54. The summed E-state index contributed by atoms with van der Waals surface area (Å²) in [5.41, 5.74) is 3.10. The van der Waals surface area contributed by atoms with Gasteiger partial charge in [-0.3, -0.25) is 4.79 Å². The van der Waals surface area contributed by atoms with Crippen LogP contribution in [0.5, 0.6) is 5.75 Å². The van der Waals surface area contributed by atoms with Gasteiger partial charge in [0.05, 0.1) is 11.3 Å². The van der Waals surface area contributed by atoms with E-state index >= 15 is 0 Å². The first-order chi connectivity index (χ1) is 11.1. The number of benzene rings is 2. The van der Waals surface area contributed by atoms with Crippen LogP contribution in [0.25, 0.3) is 0 Å². The van der Waals surface area contributed by atoms with E-state index in [1.165, 1.54) is 12.1 Å². The summed E-state index contributed by atoms with van der Waals surface area (Å²) in [7, 11) is 0. The van der Waals surface area contributed by atoms with Gasteiger partial charge in [-0.2, -0.15) is 13.2 Å². The number of nitrogens with two attached hydrogens (primary N) is 1. The SMILES string of the molecule is NC(=O)Nc1cccc(C(F)(F)F)c1F.O=Cc1cccc(O)c1. The van der Waals surface area contributed by atoms with E-state index in [4.69, 9.17) is 5.11 Å². The topological polar surface area (TPSA) is 92.4 Å². The van der Waals surface area contributed by atoms with Crippen molar-refractivity contribution in [2.75, 3.05) is 5.32 Å². The molecule has 0 radical (unpaired) electrons. The van der Waals surface area contributed by atoms with Crippen molar-refractivity contribution in [1.82, 2.24) is 0 Å². The van der Waals surface area contributed by atoms with Crippen molar-refractivity contribution in [3.05, 3.63) is 59.4 Å². The minimum absolute atomic E-state index is 0.125. The molecule has 0 spiro atoms. The van der Waals surface area contributed by atoms with Crippen molar-refractivity contribution in [3.8, 4) is 5.75 Å². The van der Waals surface area contributed by atoms with E-state index in [-0.39, 0.29) is 5.75 Å². The molecule has 0 saturated heterocycles. The predicted molar refractivity (Wildman–Crippen MR) is 78.1 cm³/mol. The van der Waals surface area contributed by atoms with Crippen molar-refractivity contribution < 1.29 is 32.3 Å². The maximum atomic E-state index is 13.1. The van der Waals surface area contributed by atoms with Gasteiger partial charge >= 0.3 is 12.2 Å². The Morgan fingerprint density at radius 1 is 1.17 bits per heavy atom. The normalized spacial score (nSPS) is 10.3. The van der Waals surface area contributed by atoms with Crippen LogP contribution in [0.2, 0.25) is 0 Å². The van der Waals surface area contributed by atoms with Gasteiger partial charge in [-0.25, -0.2) is 9.18 Å². The number of rotatable bonds is 2. The lowest BCUT2D eigenvalue weighted by molar-refractivity contribution is -0.139. The maximum Gasteiger partial charge on any atom is 0.419 e. The van der Waals surface area contributed by atoms with Crippen LogP contribution >= 0.6 is 0 Å². The van der Waals surface area contributed by atoms with E-state index in [2.05, 4.69) is 5.73 Å². The molecular weight excluding hydrogens is 332 g/mol. The molecule has 5 nitrogen and oxygen atoms in total. The number of halogens is 4. The number of aromatic hydroxyl groups is 1. The van der Waals surface area contributed by atoms with Crippen LogP contribution < -0.4 is 11.1 Å². The van der Waals surface area contributed by atoms with Gasteiger partial charge in [-0.1, -0.05) is 18.2 Å². The number of phenols is 1. The number of urea groups is 1. The highest BCUT2D eigenvalue weighted by Gasteiger charge is 2.34. The van der Waals surface area contributed by atoms with Crippen molar-refractivity contribution in [2.45, 2.75) is 6.18 Å². The lowest BCUT2D eigenvalue weighted by Gasteiger charge is -2.10. The molecule has 0 aliphatic heterocycles. The molecule has 128 valence electrons. The Balaban J connectivity index is 0.000000272. The number of carbonyl (C=O) groups is 2. The Labute approximate surface area is 133 Å². The number of amides is 2. The minimum Gasteiger partial charge on any atom is -0.508 e. The number of nitrogens with one attached hydrogen (secondary N) is 1. The third-order valence-corrected chi connectivity index (χ3v) is 2.57. The minimum atomic E-state index is -4.81. The Morgan fingerprint density at radius 3 is 2.25 bits per heavy atom. The van der Waals surface area contributed by atoms with Crippen LogP contribution in [0, 0.1) is 5.82 Å². The Kier molecular flexibility index (Phi) is 6.28. The van der Waals surface area contributed by atoms with E-state index < -0.39 is 29.3 Å². The number of aldehydes is 1. The smallest absolute Gasteiger partial charge is 0.419 e. The summed E-state index contributed by atoms with van der Waals surface area (Å²) in [6, 6.07) is 7.58. The number of hydrogen-bond donors (Lipinski definition) is 3. The molecule has 0 unspecified atom stereocenters. The van der Waals surface area contributed by atoms with E-state index in [0.717, 1.165) is 12.1 Å². The molecule has 24 heavy (non-hydrogen) atoms. The van der Waals surface area contributed by atoms with Gasteiger partial charge in [-0.15, -0.1) is 0 Å². The van der Waals surface area contributed by atoms with Crippen LogP contribution in [0.1, 0.15) is 15.9 Å². The third-order valence-electron chi connectivity index (χ3n) is 2.57. The maximum absolute atomic E-state index is 13.1. The molecule has 2 aromatic rings. The summed E-state index contributed by atoms with van der Waals surface area (Å²) in [5, 5.41) is 10.5. The van der Waals surface area contributed by atoms with E-state index in [9.17, 15) is 27.2 Å². The fourth-order valence-electron chi connectivity index (χ4n) is 1.58. The average molecular weight is 344 g/mol. The lowest BCUT2D eigenvalue weighted by atomic mass is 10.2. The fraction of sp³-hybridized carbons (Fsp3) is 0.0667. The van der Waals surface area contributed by atoms with Crippen LogP contribution in [0.4, 0.5) is 28.0 Å². The first-order valence-electron chi connectivity index (χ1n) is 6.31. The molecule has 0 aliphatic carbocycles. The van der Waals surface area contributed by atoms with E-state index in [1.54, 1.807) is 17.4 Å². The zero-order valence-electron chi connectivity index (χ0n) is 12.0. The second kappa shape index (κ2) is 7.95.